The number of rotatable bonds is 0. The van der Waals surface area contributed by atoms with Crippen LogP contribution in [0.2, 0.25) is 0 Å². The minimum atomic E-state index is 0.704. The van der Waals surface area contributed by atoms with Crippen molar-refractivity contribution in [3.8, 4) is 6.07 Å². The number of hydrogen-bond donors (Lipinski definition) is 0. The van der Waals surface area contributed by atoms with Gasteiger partial charge in [-0.05, 0) is 41.1 Å². The number of nitriles is 1. The fourth-order valence-corrected chi connectivity index (χ4v) is 4.31. The maximum Gasteiger partial charge on any atom is 0.0991 e. The van der Waals surface area contributed by atoms with Crippen LogP contribution in [0, 0.1) is 11.3 Å². The molecule has 6 rings (SSSR count). The Balaban J connectivity index is 2.07. The lowest BCUT2D eigenvalue weighted by Gasteiger charge is -2.02. The molecule has 114 valence electrons. The molecule has 2 nitrogen and oxygen atoms in total. The van der Waals surface area contributed by atoms with E-state index in [4.69, 9.17) is 0 Å². The van der Waals surface area contributed by atoms with Crippen LogP contribution in [0.5, 0.6) is 0 Å². The SMILES string of the molecule is N#Cc1ccc2c(c1)c1cc3ccccc3c3c4ccccc4n2c13. The first kappa shape index (κ1) is 12.8. The lowest BCUT2D eigenvalue weighted by Crippen LogP contribution is -1.80. The molecule has 0 aliphatic rings. The monoisotopic (exact) mass is 316 g/mol. The summed E-state index contributed by atoms with van der Waals surface area (Å²) in [5.41, 5.74) is 4.34. The van der Waals surface area contributed by atoms with E-state index in [0.29, 0.717) is 5.56 Å². The van der Waals surface area contributed by atoms with Gasteiger partial charge in [-0.2, -0.15) is 5.26 Å². The highest BCUT2D eigenvalue weighted by Crippen LogP contribution is 2.42. The average molecular weight is 316 g/mol. The Morgan fingerprint density at radius 1 is 0.680 bits per heavy atom. The minimum Gasteiger partial charge on any atom is -0.308 e. The highest BCUT2D eigenvalue weighted by Gasteiger charge is 2.19. The van der Waals surface area contributed by atoms with Crippen molar-refractivity contribution >= 4 is 48.9 Å². The molecule has 0 amide bonds. The summed E-state index contributed by atoms with van der Waals surface area (Å²) in [7, 11) is 0. The second-order valence-corrected chi connectivity index (χ2v) is 6.57. The van der Waals surface area contributed by atoms with Gasteiger partial charge >= 0.3 is 0 Å². The second kappa shape index (κ2) is 4.28. The fraction of sp³-hybridized carbons (Fsp3) is 0. The molecule has 0 fully saturated rings. The van der Waals surface area contributed by atoms with Gasteiger partial charge in [0, 0.05) is 21.5 Å². The van der Waals surface area contributed by atoms with Crippen LogP contribution in [0.1, 0.15) is 5.56 Å². The van der Waals surface area contributed by atoms with Crippen LogP contribution in [0.4, 0.5) is 0 Å². The van der Waals surface area contributed by atoms with Crippen molar-refractivity contribution in [3.05, 3.63) is 78.4 Å². The van der Waals surface area contributed by atoms with E-state index < -0.39 is 0 Å². The lowest BCUT2D eigenvalue weighted by atomic mass is 10.00. The molecule has 0 atom stereocenters. The highest BCUT2D eigenvalue weighted by molar-refractivity contribution is 6.31. The smallest absolute Gasteiger partial charge is 0.0991 e. The van der Waals surface area contributed by atoms with Gasteiger partial charge in [0.2, 0.25) is 0 Å². The lowest BCUT2D eigenvalue weighted by molar-refractivity contribution is 1.37. The van der Waals surface area contributed by atoms with Crippen molar-refractivity contribution in [2.75, 3.05) is 0 Å². The molecule has 4 aromatic carbocycles. The predicted molar refractivity (Wildman–Crippen MR) is 103 cm³/mol. The minimum absolute atomic E-state index is 0.704. The van der Waals surface area contributed by atoms with Crippen LogP contribution in [0.15, 0.2) is 72.8 Å². The summed E-state index contributed by atoms with van der Waals surface area (Å²) < 4.78 is 2.35. The van der Waals surface area contributed by atoms with Gasteiger partial charge in [0.15, 0.2) is 0 Å². The molecule has 0 unspecified atom stereocenters. The normalized spacial score (nSPS) is 12.0. The first-order chi connectivity index (χ1) is 12.4. The molecule has 0 aliphatic heterocycles. The van der Waals surface area contributed by atoms with Crippen molar-refractivity contribution in [1.82, 2.24) is 4.40 Å². The maximum absolute atomic E-state index is 9.32. The van der Waals surface area contributed by atoms with Gasteiger partial charge in [-0.1, -0.05) is 42.5 Å². The quantitative estimate of drug-likeness (QED) is 0.345. The Kier molecular flexibility index (Phi) is 2.19. The molecule has 2 heterocycles. The molecule has 0 aliphatic carbocycles. The van der Waals surface area contributed by atoms with Gasteiger partial charge in [-0.15, -0.1) is 0 Å². The topological polar surface area (TPSA) is 28.2 Å². The number of fused-ring (bicyclic) bond motifs is 8. The molecule has 0 radical (unpaired) electrons. The largest absolute Gasteiger partial charge is 0.308 e. The number of aromatic nitrogens is 1. The Hall–Kier alpha value is -3.57. The summed E-state index contributed by atoms with van der Waals surface area (Å²) in [5, 5.41) is 16.8. The Bertz CT molecular complexity index is 1500. The second-order valence-electron chi connectivity index (χ2n) is 6.57. The number of hydrogen-bond acceptors (Lipinski definition) is 1. The van der Waals surface area contributed by atoms with Crippen molar-refractivity contribution in [3.63, 3.8) is 0 Å². The number of para-hydroxylation sites is 1. The third-order valence-corrected chi connectivity index (χ3v) is 5.32. The zero-order chi connectivity index (χ0) is 16.5. The van der Waals surface area contributed by atoms with E-state index in [2.05, 4.69) is 71.1 Å². The van der Waals surface area contributed by atoms with Gasteiger partial charge in [-0.25, -0.2) is 0 Å². The summed E-state index contributed by atoms with van der Waals surface area (Å²) in [6.45, 7) is 0. The van der Waals surface area contributed by atoms with Gasteiger partial charge in [0.05, 0.1) is 28.2 Å². The Morgan fingerprint density at radius 3 is 2.32 bits per heavy atom. The van der Waals surface area contributed by atoms with Crippen LogP contribution < -0.4 is 0 Å². The maximum atomic E-state index is 9.32. The highest BCUT2D eigenvalue weighted by atomic mass is 14.9. The molecule has 25 heavy (non-hydrogen) atoms. The van der Waals surface area contributed by atoms with Crippen molar-refractivity contribution in [2.45, 2.75) is 0 Å². The van der Waals surface area contributed by atoms with Gasteiger partial charge in [-0.3, -0.25) is 0 Å². The molecule has 0 spiro atoms. The molecule has 2 heteroatoms. The summed E-state index contributed by atoms with van der Waals surface area (Å²) in [5.74, 6) is 0. The first-order valence-electron chi connectivity index (χ1n) is 8.36. The van der Waals surface area contributed by atoms with Gasteiger partial charge in [0.1, 0.15) is 0 Å². The third kappa shape index (κ3) is 1.44. The van der Waals surface area contributed by atoms with Crippen LogP contribution in [0.3, 0.4) is 0 Å². The molecule has 0 bridgehead atoms. The summed E-state index contributed by atoms with van der Waals surface area (Å²) in [6, 6.07) is 27.7. The van der Waals surface area contributed by atoms with E-state index in [0.717, 1.165) is 10.9 Å². The van der Waals surface area contributed by atoms with E-state index in [-0.39, 0.29) is 0 Å². The molecule has 0 N–H and O–H groups in total. The van der Waals surface area contributed by atoms with Crippen LogP contribution in [-0.2, 0) is 0 Å². The van der Waals surface area contributed by atoms with Gasteiger partial charge < -0.3 is 4.40 Å². The van der Waals surface area contributed by atoms with E-state index in [1.54, 1.807) is 0 Å². The van der Waals surface area contributed by atoms with Crippen LogP contribution in [0.25, 0.3) is 48.9 Å². The van der Waals surface area contributed by atoms with Crippen molar-refractivity contribution in [2.24, 2.45) is 0 Å². The Morgan fingerprint density at radius 2 is 1.44 bits per heavy atom. The summed E-state index contributed by atoms with van der Waals surface area (Å²) >= 11 is 0. The average Bonchev–Trinajstić information content (AvgIpc) is 3.18. The van der Waals surface area contributed by atoms with Crippen molar-refractivity contribution in [1.29, 1.82) is 5.26 Å². The third-order valence-electron chi connectivity index (χ3n) is 5.32. The van der Waals surface area contributed by atoms with Gasteiger partial charge in [0.25, 0.3) is 0 Å². The molecular formula is C23H12N2. The zero-order valence-corrected chi connectivity index (χ0v) is 13.3. The van der Waals surface area contributed by atoms with Crippen molar-refractivity contribution < 1.29 is 0 Å². The molecule has 0 saturated carbocycles. The van der Waals surface area contributed by atoms with E-state index in [1.165, 1.54) is 38.0 Å². The first-order valence-corrected chi connectivity index (χ1v) is 8.36. The number of nitrogens with zero attached hydrogens (tertiary/aromatic N) is 2. The zero-order valence-electron chi connectivity index (χ0n) is 13.3. The molecular weight excluding hydrogens is 304 g/mol. The standard InChI is InChI=1S/C23H12N2/c24-13-14-9-10-21-18(11-14)19-12-15-5-1-2-6-16(15)22-17-7-3-4-8-20(17)25(21)23(19)22/h1-12H. The molecule has 2 aromatic heterocycles. The molecule has 0 saturated heterocycles. The van der Waals surface area contributed by atoms with E-state index in [1.807, 2.05) is 12.1 Å². The van der Waals surface area contributed by atoms with Crippen LogP contribution >= 0.6 is 0 Å². The summed E-state index contributed by atoms with van der Waals surface area (Å²) in [6.07, 6.45) is 0. The Labute approximate surface area is 143 Å². The van der Waals surface area contributed by atoms with Crippen LogP contribution in [-0.4, -0.2) is 4.40 Å². The summed E-state index contributed by atoms with van der Waals surface area (Å²) in [4.78, 5) is 0. The molecule has 6 aromatic rings. The van der Waals surface area contributed by atoms with E-state index in [9.17, 15) is 5.26 Å². The van der Waals surface area contributed by atoms with E-state index >= 15 is 0 Å². The predicted octanol–water partition coefficient (Wildman–Crippen LogP) is 5.86. The number of benzene rings is 4. The fourth-order valence-electron chi connectivity index (χ4n) is 4.31.